The number of phosphoric ester groups is 1. The second-order valence-electron chi connectivity index (χ2n) is 15.8. The van der Waals surface area contributed by atoms with Gasteiger partial charge >= 0.3 is 19.8 Å². The van der Waals surface area contributed by atoms with Gasteiger partial charge in [0, 0.05) is 12.8 Å². The Labute approximate surface area is 343 Å². The highest BCUT2D eigenvalue weighted by atomic mass is 31.2. The van der Waals surface area contributed by atoms with Crippen molar-refractivity contribution in [3.05, 3.63) is 60.8 Å². The van der Waals surface area contributed by atoms with E-state index in [4.69, 9.17) is 18.5 Å². The van der Waals surface area contributed by atoms with Crippen LogP contribution in [0.2, 0.25) is 0 Å². The number of hydrogen-bond acceptors (Lipinski definition) is 7. The number of phosphoric acid groups is 1. The molecule has 0 aromatic carbocycles. The molecule has 0 aromatic rings. The molecule has 324 valence electrons. The second-order valence-corrected chi connectivity index (χ2v) is 17.2. The Hall–Kier alpha value is -2.29. The minimum absolute atomic E-state index is 0.0243. The average Bonchev–Trinajstić information content (AvgIpc) is 3.15. The number of quaternary nitrogens is 1. The molecule has 10 heteroatoms. The first-order chi connectivity index (χ1) is 27.0. The maximum absolute atomic E-state index is 12.7. The highest BCUT2D eigenvalue weighted by Crippen LogP contribution is 2.43. The third-order valence-electron chi connectivity index (χ3n) is 9.12. The first-order valence-electron chi connectivity index (χ1n) is 22.1. The van der Waals surface area contributed by atoms with Crippen LogP contribution in [0.1, 0.15) is 168 Å². The number of ether oxygens (including phenoxy) is 2. The third kappa shape index (κ3) is 41.3. The molecular formula is C46H83NO8P+. The van der Waals surface area contributed by atoms with Crippen LogP contribution >= 0.6 is 7.82 Å². The van der Waals surface area contributed by atoms with E-state index in [1.807, 2.05) is 39.4 Å². The van der Waals surface area contributed by atoms with E-state index in [0.29, 0.717) is 17.4 Å². The van der Waals surface area contributed by atoms with E-state index in [1.165, 1.54) is 70.6 Å². The summed E-state index contributed by atoms with van der Waals surface area (Å²) >= 11 is 0. The summed E-state index contributed by atoms with van der Waals surface area (Å²) in [6, 6.07) is 0. The van der Waals surface area contributed by atoms with Crippen LogP contribution in [0.5, 0.6) is 0 Å². The number of nitrogens with zero attached hydrogens (tertiary/aromatic N) is 1. The van der Waals surface area contributed by atoms with Crippen LogP contribution in [0.15, 0.2) is 60.8 Å². The van der Waals surface area contributed by atoms with Gasteiger partial charge in [-0.05, 0) is 57.8 Å². The molecular weight excluding hydrogens is 725 g/mol. The summed E-state index contributed by atoms with van der Waals surface area (Å²) in [6.45, 7) is 4.22. The number of carbonyl (C=O) groups excluding carboxylic acids is 2. The number of unbranched alkanes of at least 4 members (excludes halogenated alkanes) is 18. The van der Waals surface area contributed by atoms with Gasteiger partial charge in [0.2, 0.25) is 0 Å². The highest BCUT2D eigenvalue weighted by molar-refractivity contribution is 7.47. The fraction of sp³-hybridized carbons (Fsp3) is 0.739. The minimum atomic E-state index is -4.38. The van der Waals surface area contributed by atoms with E-state index in [0.717, 1.165) is 64.2 Å². The zero-order chi connectivity index (χ0) is 41.4. The molecule has 0 saturated carbocycles. The van der Waals surface area contributed by atoms with Crippen molar-refractivity contribution in [1.82, 2.24) is 0 Å². The molecule has 0 radical (unpaired) electrons. The zero-order valence-electron chi connectivity index (χ0n) is 36.3. The number of allylic oxidation sites excluding steroid dienone is 10. The Kier molecular flexibility index (Phi) is 36.7. The lowest BCUT2D eigenvalue weighted by Gasteiger charge is -2.24. The Morgan fingerprint density at radius 2 is 1.02 bits per heavy atom. The summed E-state index contributed by atoms with van der Waals surface area (Å²) in [5.41, 5.74) is 0. The molecule has 0 amide bonds. The number of esters is 2. The van der Waals surface area contributed by atoms with Crippen LogP contribution in [-0.2, 0) is 32.7 Å². The first kappa shape index (κ1) is 53.7. The lowest BCUT2D eigenvalue weighted by molar-refractivity contribution is -0.870. The van der Waals surface area contributed by atoms with Crippen molar-refractivity contribution in [3.63, 3.8) is 0 Å². The molecule has 0 aromatic heterocycles. The number of likely N-dealkylation sites (N-methyl/N-ethyl adjacent to an activating group) is 1. The average molecular weight is 809 g/mol. The van der Waals surface area contributed by atoms with E-state index in [1.54, 1.807) is 0 Å². The Bertz CT molecular complexity index is 1140. The van der Waals surface area contributed by atoms with E-state index in [9.17, 15) is 19.0 Å². The fourth-order valence-corrected chi connectivity index (χ4v) is 6.39. The Balaban J connectivity index is 4.35. The van der Waals surface area contributed by atoms with Gasteiger partial charge in [-0.3, -0.25) is 18.6 Å². The number of carbonyl (C=O) groups is 2. The van der Waals surface area contributed by atoms with Gasteiger partial charge < -0.3 is 18.9 Å². The largest absolute Gasteiger partial charge is 0.472 e. The van der Waals surface area contributed by atoms with E-state index in [2.05, 4.69) is 56.4 Å². The van der Waals surface area contributed by atoms with Crippen LogP contribution in [0.25, 0.3) is 0 Å². The lowest BCUT2D eigenvalue weighted by atomic mass is 10.1. The van der Waals surface area contributed by atoms with Gasteiger partial charge in [-0.25, -0.2) is 4.57 Å². The molecule has 0 saturated heterocycles. The predicted molar refractivity (Wildman–Crippen MR) is 233 cm³/mol. The van der Waals surface area contributed by atoms with Crippen molar-refractivity contribution in [1.29, 1.82) is 0 Å². The van der Waals surface area contributed by atoms with Gasteiger partial charge in [-0.1, -0.05) is 158 Å². The molecule has 56 heavy (non-hydrogen) atoms. The predicted octanol–water partition coefficient (Wildman–Crippen LogP) is 12.5. The molecule has 0 heterocycles. The fourth-order valence-electron chi connectivity index (χ4n) is 5.65. The maximum Gasteiger partial charge on any atom is 0.472 e. The van der Waals surface area contributed by atoms with Crippen molar-refractivity contribution >= 4 is 19.8 Å². The van der Waals surface area contributed by atoms with Crippen molar-refractivity contribution in [2.45, 2.75) is 174 Å². The van der Waals surface area contributed by atoms with Crippen LogP contribution < -0.4 is 0 Å². The van der Waals surface area contributed by atoms with Gasteiger partial charge in [0.1, 0.15) is 19.8 Å². The van der Waals surface area contributed by atoms with Crippen LogP contribution in [0.4, 0.5) is 0 Å². The van der Waals surface area contributed by atoms with Gasteiger partial charge in [-0.2, -0.15) is 0 Å². The Morgan fingerprint density at radius 3 is 1.52 bits per heavy atom. The van der Waals surface area contributed by atoms with Crippen molar-refractivity contribution in [2.24, 2.45) is 0 Å². The van der Waals surface area contributed by atoms with Gasteiger partial charge in [0.25, 0.3) is 0 Å². The van der Waals surface area contributed by atoms with Gasteiger partial charge in [0.05, 0.1) is 27.7 Å². The zero-order valence-corrected chi connectivity index (χ0v) is 37.2. The molecule has 0 fully saturated rings. The van der Waals surface area contributed by atoms with E-state index >= 15 is 0 Å². The molecule has 0 bridgehead atoms. The number of hydrogen-bond donors (Lipinski definition) is 1. The summed E-state index contributed by atoms with van der Waals surface area (Å²) in [6.07, 6.45) is 45.5. The normalized spacial score (nSPS) is 14.2. The van der Waals surface area contributed by atoms with Crippen LogP contribution in [0, 0.1) is 0 Å². The molecule has 1 N–H and O–H groups in total. The highest BCUT2D eigenvalue weighted by Gasteiger charge is 2.27. The van der Waals surface area contributed by atoms with Gasteiger partial charge in [-0.15, -0.1) is 0 Å². The molecule has 0 rings (SSSR count). The smallest absolute Gasteiger partial charge is 0.462 e. The minimum Gasteiger partial charge on any atom is -0.462 e. The lowest BCUT2D eigenvalue weighted by Crippen LogP contribution is -2.37. The number of rotatable bonds is 39. The van der Waals surface area contributed by atoms with E-state index in [-0.39, 0.29) is 32.0 Å². The standard InChI is InChI=1S/C46H82NO8P/c1-6-8-10-12-14-16-18-20-21-22-23-24-25-27-28-30-32-34-36-38-45(48)52-42-44(43-54-56(50,51)53-41-40-47(3,4)5)55-46(49)39-37-35-33-31-29-26-19-17-15-13-11-9-7-2/h9,11,13-20,44H,6-8,10,12,21-43H2,1-5H3/p+1/b11-9+,15-13+,16-14+,19-17+,20-18+. The van der Waals surface area contributed by atoms with Crippen LogP contribution in [0.3, 0.4) is 0 Å². The first-order valence-corrected chi connectivity index (χ1v) is 23.6. The van der Waals surface area contributed by atoms with Gasteiger partial charge in [0.15, 0.2) is 6.10 Å². The molecule has 0 aliphatic carbocycles. The topological polar surface area (TPSA) is 108 Å². The van der Waals surface area contributed by atoms with Crippen molar-refractivity contribution in [2.75, 3.05) is 47.5 Å². The molecule has 0 spiro atoms. The van der Waals surface area contributed by atoms with Crippen molar-refractivity contribution < 1.29 is 42.1 Å². The second kappa shape index (κ2) is 38.2. The summed E-state index contributed by atoms with van der Waals surface area (Å²) in [5.74, 6) is -0.830. The Morgan fingerprint density at radius 1 is 0.571 bits per heavy atom. The molecule has 9 nitrogen and oxygen atoms in total. The summed E-state index contributed by atoms with van der Waals surface area (Å²) < 4.78 is 34.3. The summed E-state index contributed by atoms with van der Waals surface area (Å²) in [4.78, 5) is 35.3. The molecule has 0 aliphatic rings. The molecule has 0 aliphatic heterocycles. The van der Waals surface area contributed by atoms with Crippen LogP contribution in [-0.4, -0.2) is 74.9 Å². The van der Waals surface area contributed by atoms with E-state index < -0.39 is 26.5 Å². The molecule has 2 atom stereocenters. The maximum atomic E-state index is 12.7. The SMILES string of the molecule is CC/C=C/C=C/C=C/CCCCCCCC(=O)OC(COC(=O)CCCCCCCCCCCC/C=C/C=C/CCCCC)COP(=O)(O)OCC[N+](C)(C)C. The summed E-state index contributed by atoms with van der Waals surface area (Å²) in [7, 11) is 1.45. The quantitative estimate of drug-likeness (QED) is 0.0215. The van der Waals surface area contributed by atoms with Crippen molar-refractivity contribution in [3.8, 4) is 0 Å². The summed E-state index contributed by atoms with van der Waals surface area (Å²) in [5, 5.41) is 0. The monoisotopic (exact) mass is 809 g/mol. The molecule has 2 unspecified atom stereocenters. The third-order valence-corrected chi connectivity index (χ3v) is 10.1.